The number of rotatable bonds is 6. The summed E-state index contributed by atoms with van der Waals surface area (Å²) in [7, 11) is 1.38. The Morgan fingerprint density at radius 2 is 1.95 bits per heavy atom. The van der Waals surface area contributed by atoms with Gasteiger partial charge in [0.1, 0.15) is 22.8 Å². The van der Waals surface area contributed by atoms with Crippen molar-refractivity contribution in [3.05, 3.63) is 82.3 Å². The number of carbonyl (C=O) groups is 3. The molecule has 0 aliphatic carbocycles. The largest absolute Gasteiger partial charge is 0.496 e. The minimum atomic E-state index is -1.38. The molecule has 4 unspecified atom stereocenters. The van der Waals surface area contributed by atoms with E-state index in [4.69, 9.17) is 22.1 Å². The summed E-state index contributed by atoms with van der Waals surface area (Å²) in [6, 6.07) is 10.9. The second-order valence-electron chi connectivity index (χ2n) is 11.6. The minimum Gasteiger partial charge on any atom is -0.496 e. The molecule has 1 spiro atoms. The van der Waals surface area contributed by atoms with E-state index in [2.05, 4.69) is 20.9 Å². The summed E-state index contributed by atoms with van der Waals surface area (Å²) in [5, 5.41) is 9.03. The third kappa shape index (κ3) is 4.81. The maximum Gasteiger partial charge on any atom is 0.252 e. The van der Waals surface area contributed by atoms with Crippen LogP contribution in [0.15, 0.2) is 54.7 Å². The number of pyridine rings is 1. The average Bonchev–Trinajstić information content (AvgIpc) is 3.39. The quantitative estimate of drug-likeness (QED) is 0.342. The molecule has 2 aromatic carbocycles. The molecule has 4 atom stereocenters. The van der Waals surface area contributed by atoms with Crippen LogP contribution in [0, 0.1) is 11.2 Å². The molecule has 3 aromatic rings. The van der Waals surface area contributed by atoms with Gasteiger partial charge in [-0.05, 0) is 41.7 Å². The van der Waals surface area contributed by atoms with Crippen LogP contribution < -0.4 is 26.4 Å². The first kappa shape index (κ1) is 28.5. The first-order valence-corrected chi connectivity index (χ1v) is 13.5. The Labute approximate surface area is 242 Å². The Morgan fingerprint density at radius 3 is 2.63 bits per heavy atom. The number of ether oxygens (including phenoxy) is 1. The van der Waals surface area contributed by atoms with Crippen LogP contribution in [0.1, 0.15) is 54.6 Å². The van der Waals surface area contributed by atoms with Gasteiger partial charge in [0.15, 0.2) is 0 Å². The number of amides is 3. The summed E-state index contributed by atoms with van der Waals surface area (Å²) in [5.74, 6) is -2.70. The van der Waals surface area contributed by atoms with E-state index in [1.807, 2.05) is 20.8 Å². The van der Waals surface area contributed by atoms with Crippen molar-refractivity contribution in [2.24, 2.45) is 11.1 Å². The number of benzene rings is 2. The molecule has 11 heteroatoms. The molecule has 3 heterocycles. The fourth-order valence-corrected chi connectivity index (χ4v) is 6.37. The van der Waals surface area contributed by atoms with Crippen LogP contribution in [0.3, 0.4) is 0 Å². The van der Waals surface area contributed by atoms with Crippen molar-refractivity contribution in [2.75, 3.05) is 17.7 Å². The van der Waals surface area contributed by atoms with Crippen molar-refractivity contribution >= 4 is 40.8 Å². The van der Waals surface area contributed by atoms with Crippen LogP contribution in [0.2, 0.25) is 5.02 Å². The Morgan fingerprint density at radius 1 is 1.20 bits per heavy atom. The average molecular weight is 580 g/mol. The molecular weight excluding hydrogens is 549 g/mol. The number of fused-ring (bicyclic) bond motifs is 2. The first-order chi connectivity index (χ1) is 19.4. The number of primary amides is 1. The van der Waals surface area contributed by atoms with E-state index in [1.165, 1.54) is 31.4 Å². The van der Waals surface area contributed by atoms with Gasteiger partial charge in [-0.15, -0.1) is 0 Å². The van der Waals surface area contributed by atoms with Gasteiger partial charge in [0.05, 0.1) is 23.7 Å². The minimum absolute atomic E-state index is 0.118. The van der Waals surface area contributed by atoms with Gasteiger partial charge in [-0.25, -0.2) is 9.37 Å². The highest BCUT2D eigenvalue weighted by Crippen LogP contribution is 2.56. The number of methoxy groups -OCH3 is 1. The third-order valence-corrected chi connectivity index (χ3v) is 8.06. The SMILES string of the molecule is COc1cc(NC(=O)C2NC(CC(C)(C)C)C3(C(=O)Nc4ncccc43)C2c2cccc(Cl)c2F)ccc1C(N)=O. The molecular formula is C30H31ClFN5O4. The molecule has 5 N–H and O–H groups in total. The molecule has 9 nitrogen and oxygen atoms in total. The fraction of sp³-hybridized carbons (Fsp3) is 0.333. The highest BCUT2D eigenvalue weighted by Gasteiger charge is 2.66. The number of nitrogens with zero attached hydrogens (tertiary/aromatic N) is 1. The second kappa shape index (κ2) is 10.4. The molecule has 3 amide bonds. The van der Waals surface area contributed by atoms with Crippen molar-refractivity contribution in [3.8, 4) is 5.75 Å². The van der Waals surface area contributed by atoms with Crippen molar-refractivity contribution in [3.63, 3.8) is 0 Å². The predicted molar refractivity (Wildman–Crippen MR) is 154 cm³/mol. The van der Waals surface area contributed by atoms with Crippen LogP contribution in [0.25, 0.3) is 0 Å². The zero-order chi connectivity index (χ0) is 29.7. The topological polar surface area (TPSA) is 135 Å². The molecule has 214 valence electrons. The summed E-state index contributed by atoms with van der Waals surface area (Å²) in [6.45, 7) is 6.11. The van der Waals surface area contributed by atoms with Gasteiger partial charge in [0, 0.05) is 35.5 Å². The number of hydrogen-bond donors (Lipinski definition) is 4. The Kier molecular flexibility index (Phi) is 7.25. The van der Waals surface area contributed by atoms with Gasteiger partial charge in [-0.3, -0.25) is 14.4 Å². The Bertz CT molecular complexity index is 1560. The van der Waals surface area contributed by atoms with Crippen molar-refractivity contribution in [1.29, 1.82) is 0 Å². The van der Waals surface area contributed by atoms with E-state index in [-0.39, 0.29) is 33.2 Å². The van der Waals surface area contributed by atoms with Gasteiger partial charge < -0.3 is 26.4 Å². The van der Waals surface area contributed by atoms with E-state index >= 15 is 4.39 Å². The zero-order valence-electron chi connectivity index (χ0n) is 23.0. The molecule has 1 fully saturated rings. The lowest BCUT2D eigenvalue weighted by Crippen LogP contribution is -2.49. The van der Waals surface area contributed by atoms with Crippen molar-refractivity contribution in [2.45, 2.75) is 50.6 Å². The highest BCUT2D eigenvalue weighted by atomic mass is 35.5. The van der Waals surface area contributed by atoms with Crippen LogP contribution in [-0.4, -0.2) is 41.9 Å². The summed E-state index contributed by atoms with van der Waals surface area (Å²) in [6.07, 6.45) is 2.06. The van der Waals surface area contributed by atoms with Gasteiger partial charge >= 0.3 is 0 Å². The number of nitrogens with two attached hydrogens (primary N) is 1. The standard InChI is InChI=1S/C30H31ClFN5O4/c1-29(2,3)14-21-30(18-8-6-12-34-26(18)37-28(30)40)22(17-7-5-9-19(31)23(17)32)24(36-21)27(39)35-15-10-11-16(25(33)38)20(13-15)41-4/h5-13,21-22,24,36H,14H2,1-4H3,(H2,33,38)(H,35,39)(H,34,37,40). The maximum atomic E-state index is 15.8. The lowest BCUT2D eigenvalue weighted by atomic mass is 9.62. The smallest absolute Gasteiger partial charge is 0.252 e. The number of anilines is 2. The lowest BCUT2D eigenvalue weighted by molar-refractivity contribution is -0.122. The highest BCUT2D eigenvalue weighted by molar-refractivity contribution is 6.30. The number of aromatic nitrogens is 1. The van der Waals surface area contributed by atoms with E-state index in [0.29, 0.717) is 23.5 Å². The zero-order valence-corrected chi connectivity index (χ0v) is 23.8. The predicted octanol–water partition coefficient (Wildman–Crippen LogP) is 4.37. The van der Waals surface area contributed by atoms with Crippen LogP contribution in [-0.2, 0) is 15.0 Å². The summed E-state index contributed by atoms with van der Waals surface area (Å²) in [5.41, 5.74) is 4.98. The van der Waals surface area contributed by atoms with Crippen LogP contribution in [0.5, 0.6) is 5.75 Å². The summed E-state index contributed by atoms with van der Waals surface area (Å²) >= 11 is 6.24. The van der Waals surface area contributed by atoms with E-state index in [0.717, 1.165) is 0 Å². The normalized spacial score (nSPS) is 23.3. The maximum absolute atomic E-state index is 15.8. The molecule has 2 aliphatic rings. The first-order valence-electron chi connectivity index (χ1n) is 13.1. The van der Waals surface area contributed by atoms with Crippen LogP contribution >= 0.6 is 11.6 Å². The Hall–Kier alpha value is -4.02. The number of nitrogens with one attached hydrogen (secondary N) is 3. The molecule has 1 saturated heterocycles. The van der Waals surface area contributed by atoms with E-state index in [9.17, 15) is 14.4 Å². The molecule has 41 heavy (non-hydrogen) atoms. The third-order valence-electron chi connectivity index (χ3n) is 7.77. The van der Waals surface area contributed by atoms with Gasteiger partial charge in [0.2, 0.25) is 11.8 Å². The fourth-order valence-electron chi connectivity index (χ4n) is 6.19. The second-order valence-corrected chi connectivity index (χ2v) is 12.0. The monoisotopic (exact) mass is 579 g/mol. The molecule has 2 aliphatic heterocycles. The molecule has 5 rings (SSSR count). The van der Waals surface area contributed by atoms with E-state index in [1.54, 1.807) is 30.5 Å². The summed E-state index contributed by atoms with van der Waals surface area (Å²) in [4.78, 5) is 44.3. The number of carbonyl (C=O) groups excluding carboxylic acids is 3. The molecule has 0 saturated carbocycles. The van der Waals surface area contributed by atoms with Gasteiger partial charge in [0.25, 0.3) is 5.91 Å². The molecule has 1 aromatic heterocycles. The van der Waals surface area contributed by atoms with Gasteiger partial charge in [-0.1, -0.05) is 50.6 Å². The molecule has 0 radical (unpaired) electrons. The summed E-state index contributed by atoms with van der Waals surface area (Å²) < 4.78 is 21.1. The molecule has 0 bridgehead atoms. The van der Waals surface area contributed by atoms with Crippen molar-refractivity contribution < 1.29 is 23.5 Å². The lowest BCUT2D eigenvalue weighted by Gasteiger charge is -2.37. The van der Waals surface area contributed by atoms with Gasteiger partial charge in [-0.2, -0.15) is 0 Å². The Balaban J connectivity index is 1.68. The number of halogens is 2. The van der Waals surface area contributed by atoms with E-state index < -0.39 is 41.0 Å². The van der Waals surface area contributed by atoms with Crippen molar-refractivity contribution in [1.82, 2.24) is 10.3 Å². The van der Waals surface area contributed by atoms with Crippen LogP contribution in [0.4, 0.5) is 15.9 Å². The number of hydrogen-bond acceptors (Lipinski definition) is 6.